The lowest BCUT2D eigenvalue weighted by atomic mass is 9.95. The molecule has 3 atom stereocenters. The van der Waals surface area contributed by atoms with Crippen LogP contribution < -0.4 is 5.32 Å². The standard InChI is InChI=1S/C30H39N5O3/c1-21(2)29-33-32-28(19-36)35(29)26-17-24-13-14-25(18-26)34(24)16-15-27(23-11-7-4-8-12-23)31-30(37)38-20-22-9-5-3-6-10-22/h3-12,21,24-27,36H,13-20H2,1-2H3,(H,31,37)/t24-,25-,27-/m0/s1. The molecular weight excluding hydrogens is 478 g/mol. The highest BCUT2D eigenvalue weighted by Gasteiger charge is 2.42. The summed E-state index contributed by atoms with van der Waals surface area (Å²) in [5.74, 6) is 1.90. The van der Waals surface area contributed by atoms with Gasteiger partial charge in [-0.1, -0.05) is 74.5 Å². The van der Waals surface area contributed by atoms with Crippen molar-refractivity contribution in [2.45, 2.75) is 89.3 Å². The largest absolute Gasteiger partial charge is 0.445 e. The van der Waals surface area contributed by atoms with Gasteiger partial charge in [0, 0.05) is 30.6 Å². The van der Waals surface area contributed by atoms with Gasteiger partial charge >= 0.3 is 6.09 Å². The minimum Gasteiger partial charge on any atom is -0.445 e. The molecule has 5 rings (SSSR count). The summed E-state index contributed by atoms with van der Waals surface area (Å²) in [5.41, 5.74) is 2.06. The zero-order chi connectivity index (χ0) is 26.5. The Morgan fingerprint density at radius 3 is 2.29 bits per heavy atom. The smallest absolute Gasteiger partial charge is 0.407 e. The van der Waals surface area contributed by atoms with Crippen LogP contribution in [0.1, 0.15) is 86.7 Å². The Bertz CT molecular complexity index is 1170. The van der Waals surface area contributed by atoms with Crippen LogP contribution in [0, 0.1) is 0 Å². The van der Waals surface area contributed by atoms with E-state index in [0.717, 1.165) is 42.8 Å². The minimum absolute atomic E-state index is 0.0833. The minimum atomic E-state index is -0.394. The molecule has 1 amide bonds. The first kappa shape index (κ1) is 26.4. The van der Waals surface area contributed by atoms with Gasteiger partial charge in [-0.25, -0.2) is 4.79 Å². The van der Waals surface area contributed by atoms with Crippen molar-refractivity contribution in [3.63, 3.8) is 0 Å². The molecule has 38 heavy (non-hydrogen) atoms. The van der Waals surface area contributed by atoms with E-state index in [4.69, 9.17) is 4.74 Å². The van der Waals surface area contributed by atoms with Gasteiger partial charge < -0.3 is 19.7 Å². The molecule has 202 valence electrons. The van der Waals surface area contributed by atoms with Crippen molar-refractivity contribution in [1.29, 1.82) is 0 Å². The van der Waals surface area contributed by atoms with Crippen LogP contribution in [-0.2, 0) is 18.0 Å². The Morgan fingerprint density at radius 2 is 1.66 bits per heavy atom. The summed E-state index contributed by atoms with van der Waals surface area (Å²) in [4.78, 5) is 15.4. The Labute approximate surface area is 225 Å². The number of carbonyl (C=O) groups is 1. The van der Waals surface area contributed by atoms with Crippen molar-refractivity contribution in [2.75, 3.05) is 6.54 Å². The van der Waals surface area contributed by atoms with Crippen LogP contribution in [0.15, 0.2) is 60.7 Å². The molecule has 0 unspecified atom stereocenters. The van der Waals surface area contributed by atoms with Crippen molar-refractivity contribution in [3.05, 3.63) is 83.4 Å². The first-order valence-corrected chi connectivity index (χ1v) is 13.9. The van der Waals surface area contributed by atoms with E-state index < -0.39 is 6.09 Å². The lowest BCUT2D eigenvalue weighted by Crippen LogP contribution is -2.45. The molecule has 3 aromatic rings. The number of amides is 1. The number of benzene rings is 2. The van der Waals surface area contributed by atoms with Crippen molar-refractivity contribution >= 4 is 6.09 Å². The number of aliphatic hydroxyl groups excluding tert-OH is 1. The zero-order valence-corrected chi connectivity index (χ0v) is 22.4. The first-order chi connectivity index (χ1) is 18.5. The number of ether oxygens (including phenoxy) is 1. The van der Waals surface area contributed by atoms with Crippen molar-refractivity contribution < 1.29 is 14.6 Å². The molecule has 8 nitrogen and oxygen atoms in total. The summed E-state index contributed by atoms with van der Waals surface area (Å²) >= 11 is 0. The van der Waals surface area contributed by atoms with Gasteiger partial charge in [0.05, 0.1) is 6.04 Å². The van der Waals surface area contributed by atoms with Crippen molar-refractivity contribution in [1.82, 2.24) is 25.0 Å². The summed E-state index contributed by atoms with van der Waals surface area (Å²) in [7, 11) is 0. The number of carbonyl (C=O) groups excluding carboxylic acids is 1. The molecule has 3 heterocycles. The second-order valence-corrected chi connectivity index (χ2v) is 10.9. The topological polar surface area (TPSA) is 92.5 Å². The van der Waals surface area contributed by atoms with E-state index in [2.05, 4.69) is 51.0 Å². The maximum absolute atomic E-state index is 12.7. The van der Waals surface area contributed by atoms with Gasteiger partial charge in [0.15, 0.2) is 5.82 Å². The predicted octanol–water partition coefficient (Wildman–Crippen LogP) is 5.12. The highest BCUT2D eigenvalue weighted by Crippen LogP contribution is 2.42. The molecule has 1 aromatic heterocycles. The average Bonchev–Trinajstić information content (AvgIpc) is 3.48. The normalized spacial score (nSPS) is 21.9. The third-order valence-electron chi connectivity index (χ3n) is 8.06. The molecule has 2 N–H and O–H groups in total. The van der Waals surface area contributed by atoms with Crippen molar-refractivity contribution in [3.8, 4) is 0 Å². The molecule has 0 saturated carbocycles. The highest BCUT2D eigenvalue weighted by atomic mass is 16.5. The number of nitrogens with one attached hydrogen (secondary N) is 1. The number of aromatic nitrogens is 3. The van der Waals surface area contributed by atoms with Crippen LogP contribution in [0.5, 0.6) is 0 Å². The molecule has 8 heteroatoms. The fourth-order valence-corrected chi connectivity index (χ4v) is 6.25. The Kier molecular flexibility index (Phi) is 8.39. The molecule has 2 aliphatic rings. The van der Waals surface area contributed by atoms with E-state index in [0.29, 0.717) is 23.9 Å². The van der Waals surface area contributed by atoms with Crippen molar-refractivity contribution in [2.24, 2.45) is 0 Å². The van der Waals surface area contributed by atoms with Crippen LogP contribution in [0.3, 0.4) is 0 Å². The summed E-state index contributed by atoms with van der Waals surface area (Å²) in [6.07, 6.45) is 4.84. The number of fused-ring (bicyclic) bond motifs is 2. The number of piperidine rings is 1. The number of hydrogen-bond donors (Lipinski definition) is 2. The summed E-state index contributed by atoms with van der Waals surface area (Å²) in [6.45, 7) is 5.34. The average molecular weight is 518 g/mol. The lowest BCUT2D eigenvalue weighted by Gasteiger charge is -2.40. The van der Waals surface area contributed by atoms with Gasteiger partial charge in [-0.3, -0.25) is 4.90 Å². The van der Waals surface area contributed by atoms with Crippen LogP contribution >= 0.6 is 0 Å². The molecule has 2 aromatic carbocycles. The van der Waals surface area contributed by atoms with E-state index in [1.54, 1.807) is 0 Å². The Hall–Kier alpha value is -3.23. The lowest BCUT2D eigenvalue weighted by molar-refractivity contribution is 0.0956. The molecule has 0 radical (unpaired) electrons. The molecule has 2 fully saturated rings. The second-order valence-electron chi connectivity index (χ2n) is 10.9. The summed E-state index contributed by atoms with van der Waals surface area (Å²) < 4.78 is 7.75. The molecule has 2 saturated heterocycles. The fourth-order valence-electron chi connectivity index (χ4n) is 6.25. The molecule has 2 aliphatic heterocycles. The monoisotopic (exact) mass is 517 g/mol. The maximum Gasteiger partial charge on any atom is 0.407 e. The third-order valence-corrected chi connectivity index (χ3v) is 8.06. The van der Waals surface area contributed by atoms with E-state index in [1.807, 2.05) is 48.5 Å². The Balaban J connectivity index is 1.23. The van der Waals surface area contributed by atoms with Crippen LogP contribution in [0.4, 0.5) is 4.79 Å². The first-order valence-electron chi connectivity index (χ1n) is 13.9. The second kappa shape index (κ2) is 12.1. The molecule has 0 aliphatic carbocycles. The van der Waals surface area contributed by atoms with E-state index >= 15 is 0 Å². The van der Waals surface area contributed by atoms with Crippen LogP contribution in [0.25, 0.3) is 0 Å². The number of aliphatic hydroxyl groups is 1. The van der Waals surface area contributed by atoms with Crippen LogP contribution in [-0.4, -0.2) is 49.5 Å². The van der Waals surface area contributed by atoms with Gasteiger partial charge in [0.1, 0.15) is 19.0 Å². The maximum atomic E-state index is 12.7. The highest BCUT2D eigenvalue weighted by molar-refractivity contribution is 5.68. The zero-order valence-electron chi connectivity index (χ0n) is 22.4. The molecule has 0 spiro atoms. The quantitative estimate of drug-likeness (QED) is 0.388. The van der Waals surface area contributed by atoms with Gasteiger partial charge in [0.25, 0.3) is 0 Å². The SMILES string of the molecule is CC(C)c1nnc(CO)n1C1C[C@@H]2CC[C@@H](C1)N2CC[C@H](NC(=O)OCc1ccccc1)c1ccccc1. The fraction of sp³-hybridized carbons (Fsp3) is 0.500. The van der Waals surface area contributed by atoms with Gasteiger partial charge in [0.2, 0.25) is 0 Å². The number of rotatable bonds is 10. The third kappa shape index (κ3) is 5.92. The van der Waals surface area contributed by atoms with E-state index in [9.17, 15) is 9.90 Å². The number of hydrogen-bond acceptors (Lipinski definition) is 6. The molecule has 2 bridgehead atoms. The Morgan fingerprint density at radius 1 is 1.00 bits per heavy atom. The van der Waals surface area contributed by atoms with Gasteiger partial charge in [-0.15, -0.1) is 10.2 Å². The van der Waals surface area contributed by atoms with E-state index in [-0.39, 0.29) is 25.2 Å². The number of nitrogens with zero attached hydrogens (tertiary/aromatic N) is 4. The number of alkyl carbamates (subject to hydrolysis) is 1. The molecular formula is C30H39N5O3. The van der Waals surface area contributed by atoms with Gasteiger partial charge in [-0.05, 0) is 43.2 Å². The predicted molar refractivity (Wildman–Crippen MR) is 145 cm³/mol. The summed E-state index contributed by atoms with van der Waals surface area (Å²) in [6, 6.07) is 21.1. The summed E-state index contributed by atoms with van der Waals surface area (Å²) in [5, 5.41) is 21.7. The van der Waals surface area contributed by atoms with E-state index in [1.165, 1.54) is 12.8 Å². The van der Waals surface area contributed by atoms with Crippen LogP contribution in [0.2, 0.25) is 0 Å². The van der Waals surface area contributed by atoms with Gasteiger partial charge in [-0.2, -0.15) is 0 Å².